The number of ether oxygens (including phenoxy) is 4. The molecule has 2 aromatic heterocycles. The average molecular weight is 1240 g/mol. The van der Waals surface area contributed by atoms with Crippen LogP contribution in [0.1, 0.15) is 224 Å². The van der Waals surface area contributed by atoms with E-state index in [4.69, 9.17) is 18.9 Å². The number of hydrogen-bond acceptors (Lipinski definition) is 9. The third-order valence-corrected chi connectivity index (χ3v) is 19.9. The molecule has 10 heteroatoms. The molecule has 89 heavy (non-hydrogen) atoms. The maximum absolute atomic E-state index is 12.1. The lowest BCUT2D eigenvalue weighted by Gasteiger charge is -2.31. The van der Waals surface area contributed by atoms with Crippen molar-refractivity contribution in [3.8, 4) is 71.5 Å². The molecule has 2 heterocycles. The van der Waals surface area contributed by atoms with Crippen molar-refractivity contribution in [3.63, 3.8) is 0 Å². The van der Waals surface area contributed by atoms with Gasteiger partial charge in [0.05, 0.1) is 26.4 Å². The van der Waals surface area contributed by atoms with E-state index in [1.807, 2.05) is 17.4 Å². The first kappa shape index (κ1) is 68.1. The highest BCUT2D eigenvalue weighted by molar-refractivity contribution is 7.24. The minimum atomic E-state index is -1.19. The lowest BCUT2D eigenvalue weighted by atomic mass is 9.71. The molecule has 5 aromatic carbocycles. The van der Waals surface area contributed by atoms with Crippen molar-refractivity contribution in [1.82, 2.24) is 0 Å². The predicted molar refractivity (Wildman–Crippen MR) is 377 cm³/mol. The quantitative estimate of drug-likeness (QED) is 0.0229. The van der Waals surface area contributed by atoms with Gasteiger partial charge in [-0.05, 0) is 145 Å². The van der Waals surface area contributed by atoms with Crippen LogP contribution < -0.4 is 23.8 Å². The number of carboxylic acid groups (broad SMARTS) is 1. The standard InChI is InChI=1S/C79H100N2O6S2/c1-7-13-19-25-47-79(48-26-20-14-8-2)71-56-68(53-62(58-80)78(82)83)88-76(71)77-72(79)57-75(89-77)61-35-41-65(42-36-61)81(63-37-31-59(32-38-63)69-45-43-66(84-49-27-21-15-9-3)54-73(69)86-51-29-23-17-11-5)64-39-33-60(34-40-64)70-46-44-67(85-50-28-22-16-10-4)55-74(70)87-52-30-24-18-12-6/h31-46,53-57H,7-30,47-52H2,1-6H3,(H,82,83). The second-order valence-corrected chi connectivity index (χ2v) is 26.5. The van der Waals surface area contributed by atoms with Gasteiger partial charge in [-0.2, -0.15) is 5.26 Å². The van der Waals surface area contributed by atoms with E-state index in [1.165, 1.54) is 128 Å². The van der Waals surface area contributed by atoms with Crippen molar-refractivity contribution in [2.75, 3.05) is 31.3 Å². The van der Waals surface area contributed by atoms with Gasteiger partial charge in [0.15, 0.2) is 0 Å². The molecule has 474 valence electrons. The molecule has 0 amide bonds. The molecule has 7 aromatic rings. The van der Waals surface area contributed by atoms with Crippen LogP contribution in [0.15, 0.2) is 127 Å². The smallest absolute Gasteiger partial charge is 0.346 e. The zero-order valence-corrected chi connectivity index (χ0v) is 56.2. The van der Waals surface area contributed by atoms with Crippen LogP contribution in [-0.2, 0) is 10.2 Å². The van der Waals surface area contributed by atoms with Gasteiger partial charge in [-0.25, -0.2) is 4.79 Å². The number of nitrogens with zero attached hydrogens (tertiary/aromatic N) is 2. The number of rotatable bonds is 42. The molecule has 0 saturated heterocycles. The van der Waals surface area contributed by atoms with E-state index in [-0.39, 0.29) is 11.0 Å². The summed E-state index contributed by atoms with van der Waals surface area (Å²) in [5.41, 5.74) is 10.8. The Bertz CT molecular complexity index is 3200. The molecule has 1 aliphatic rings. The fraction of sp³-hybridized carbons (Fsp3) is 0.468. The molecule has 0 radical (unpaired) electrons. The SMILES string of the molecule is CCCCCCOc1ccc(-c2ccc(N(c3ccc(-c4cc5c(s4)-c4sc(C=C(C#N)C(=O)O)cc4C5(CCCCCC)CCCCCC)cc3)c3ccc(-c4ccc(OCCCCCC)cc4OCCCCCC)cc3)cc2)c(OCCCCCC)c1. The zero-order chi connectivity index (χ0) is 62.6. The van der Waals surface area contributed by atoms with E-state index < -0.39 is 5.97 Å². The van der Waals surface area contributed by atoms with E-state index in [1.54, 1.807) is 17.4 Å². The van der Waals surface area contributed by atoms with Crippen molar-refractivity contribution in [1.29, 1.82) is 5.26 Å². The predicted octanol–water partition coefficient (Wildman–Crippen LogP) is 24.3. The van der Waals surface area contributed by atoms with Crippen molar-refractivity contribution >= 4 is 51.8 Å². The Balaban J connectivity index is 1.17. The van der Waals surface area contributed by atoms with Crippen LogP contribution in [0.5, 0.6) is 23.0 Å². The van der Waals surface area contributed by atoms with E-state index >= 15 is 0 Å². The molecule has 1 aliphatic carbocycles. The minimum Gasteiger partial charge on any atom is -0.493 e. The number of hydrogen-bond donors (Lipinski definition) is 1. The monoisotopic (exact) mass is 1240 g/mol. The van der Waals surface area contributed by atoms with Crippen molar-refractivity contribution in [2.24, 2.45) is 0 Å². The van der Waals surface area contributed by atoms with Gasteiger partial charge in [-0.1, -0.05) is 206 Å². The number of nitriles is 1. The Morgan fingerprint density at radius 3 is 1.25 bits per heavy atom. The first-order valence-electron chi connectivity index (χ1n) is 34.2. The van der Waals surface area contributed by atoms with Crippen molar-refractivity contribution < 1.29 is 28.8 Å². The van der Waals surface area contributed by atoms with Gasteiger partial charge in [0, 0.05) is 65.2 Å². The summed E-state index contributed by atoms with van der Waals surface area (Å²) in [5.74, 6) is 2.20. The first-order chi connectivity index (χ1) is 43.7. The normalized spacial score (nSPS) is 12.4. The van der Waals surface area contributed by atoms with Crippen LogP contribution in [-0.4, -0.2) is 37.5 Å². The lowest BCUT2D eigenvalue weighted by molar-refractivity contribution is -0.132. The number of fused-ring (bicyclic) bond motifs is 3. The summed E-state index contributed by atoms with van der Waals surface area (Å²) in [5, 5.41) is 19.7. The fourth-order valence-corrected chi connectivity index (χ4v) is 15.0. The zero-order valence-electron chi connectivity index (χ0n) is 54.5. The molecular weight excluding hydrogens is 1140 g/mol. The highest BCUT2D eigenvalue weighted by atomic mass is 32.1. The molecule has 1 N–H and O–H groups in total. The topological polar surface area (TPSA) is 101 Å². The maximum Gasteiger partial charge on any atom is 0.346 e. The van der Waals surface area contributed by atoms with Crippen molar-refractivity contribution in [2.45, 2.75) is 214 Å². The Hall–Kier alpha value is -6.80. The number of aliphatic carboxylic acids is 1. The van der Waals surface area contributed by atoms with E-state index in [9.17, 15) is 15.2 Å². The van der Waals surface area contributed by atoms with Crippen LogP contribution in [0.4, 0.5) is 17.1 Å². The number of anilines is 3. The average Bonchev–Trinajstić information content (AvgIpc) is 1.82. The molecule has 8 nitrogen and oxygen atoms in total. The molecule has 0 aliphatic heterocycles. The number of benzene rings is 5. The minimum absolute atomic E-state index is 0.176. The molecule has 0 atom stereocenters. The highest BCUT2D eigenvalue weighted by Crippen LogP contribution is 2.61. The molecular formula is C79H100N2O6S2. The summed E-state index contributed by atoms with van der Waals surface area (Å²) in [6.45, 7) is 16.2. The Kier molecular flexibility index (Phi) is 27.7. The lowest BCUT2D eigenvalue weighted by Crippen LogP contribution is -2.25. The Morgan fingerprint density at radius 1 is 0.461 bits per heavy atom. The van der Waals surface area contributed by atoms with Crippen LogP contribution in [0.25, 0.3) is 48.5 Å². The summed E-state index contributed by atoms with van der Waals surface area (Å²) in [6.07, 6.45) is 31.4. The van der Waals surface area contributed by atoms with Gasteiger partial charge in [0.2, 0.25) is 0 Å². The molecule has 0 bridgehead atoms. The summed E-state index contributed by atoms with van der Waals surface area (Å²) in [7, 11) is 0. The summed E-state index contributed by atoms with van der Waals surface area (Å²) in [6, 6.07) is 46.2. The third-order valence-electron chi connectivity index (χ3n) is 17.5. The summed E-state index contributed by atoms with van der Waals surface area (Å²) in [4.78, 5) is 19.0. The molecule has 0 unspecified atom stereocenters. The van der Waals surface area contributed by atoms with E-state index in [0.717, 1.165) is 137 Å². The molecule has 0 saturated carbocycles. The van der Waals surface area contributed by atoms with E-state index in [0.29, 0.717) is 26.4 Å². The number of carboxylic acids is 1. The Morgan fingerprint density at radius 2 is 0.843 bits per heavy atom. The fourth-order valence-electron chi connectivity index (χ4n) is 12.4. The molecule has 8 rings (SSSR count). The van der Waals surface area contributed by atoms with Crippen LogP contribution in [0, 0.1) is 11.3 Å². The van der Waals surface area contributed by atoms with Crippen molar-refractivity contribution in [3.05, 3.63) is 143 Å². The largest absolute Gasteiger partial charge is 0.493 e. The molecule has 0 fully saturated rings. The van der Waals surface area contributed by atoms with Gasteiger partial charge in [0.1, 0.15) is 34.6 Å². The Labute approximate surface area is 542 Å². The summed E-state index contributed by atoms with van der Waals surface area (Å²) < 4.78 is 25.8. The first-order valence-corrected chi connectivity index (χ1v) is 35.9. The van der Waals surface area contributed by atoms with Gasteiger partial charge in [-0.15, -0.1) is 22.7 Å². The second-order valence-electron chi connectivity index (χ2n) is 24.4. The van der Waals surface area contributed by atoms with Gasteiger partial charge in [0.25, 0.3) is 0 Å². The van der Waals surface area contributed by atoms with E-state index in [2.05, 4.69) is 168 Å². The number of unbranched alkanes of at least 4 members (excludes halogenated alkanes) is 18. The number of thiophene rings is 2. The summed E-state index contributed by atoms with van der Waals surface area (Å²) >= 11 is 3.48. The maximum atomic E-state index is 12.1. The van der Waals surface area contributed by atoms with Gasteiger partial charge >= 0.3 is 5.97 Å². The second kappa shape index (κ2) is 36.1. The van der Waals surface area contributed by atoms with Crippen LogP contribution in [0.3, 0.4) is 0 Å². The van der Waals surface area contributed by atoms with Crippen LogP contribution in [0.2, 0.25) is 0 Å². The van der Waals surface area contributed by atoms with Gasteiger partial charge < -0.3 is 29.0 Å². The number of carbonyl (C=O) groups is 1. The van der Waals surface area contributed by atoms with Crippen LogP contribution >= 0.6 is 22.7 Å². The highest BCUT2D eigenvalue weighted by Gasteiger charge is 2.45. The van der Waals surface area contributed by atoms with Gasteiger partial charge in [-0.3, -0.25) is 0 Å². The molecule has 0 spiro atoms. The third kappa shape index (κ3) is 18.7.